The van der Waals surface area contributed by atoms with Crippen LogP contribution >= 0.6 is 11.3 Å². The minimum absolute atomic E-state index is 0.0333. The van der Waals surface area contributed by atoms with Crippen molar-refractivity contribution in [1.82, 2.24) is 5.32 Å². The molecule has 2 aromatic heterocycles. The molecule has 5 nitrogen and oxygen atoms in total. The van der Waals surface area contributed by atoms with Crippen LogP contribution in [-0.2, 0) is 0 Å². The second-order valence-corrected chi connectivity index (χ2v) is 5.71. The number of aliphatic hydroxyl groups excluding tert-OH is 1. The van der Waals surface area contributed by atoms with Gasteiger partial charge in [0.2, 0.25) is 0 Å². The molecule has 3 aromatic rings. The highest BCUT2D eigenvalue weighted by Crippen LogP contribution is 2.18. The molecular formula is C16H13NO4S. The van der Waals surface area contributed by atoms with E-state index in [1.54, 1.807) is 30.3 Å². The highest BCUT2D eigenvalue weighted by atomic mass is 32.1. The Morgan fingerprint density at radius 1 is 1.27 bits per heavy atom. The molecule has 2 heterocycles. The molecule has 0 fully saturated rings. The van der Waals surface area contributed by atoms with E-state index in [4.69, 9.17) is 4.42 Å². The summed E-state index contributed by atoms with van der Waals surface area (Å²) in [5.41, 5.74) is -0.332. The molecule has 1 amide bonds. The number of fused-ring (bicyclic) bond motifs is 1. The van der Waals surface area contributed by atoms with Crippen molar-refractivity contribution in [3.05, 3.63) is 68.7 Å². The Balaban J connectivity index is 1.77. The Bertz CT molecular complexity index is 854. The molecule has 22 heavy (non-hydrogen) atoms. The first-order valence-corrected chi connectivity index (χ1v) is 7.55. The average molecular weight is 315 g/mol. The van der Waals surface area contributed by atoms with E-state index in [1.807, 2.05) is 11.4 Å². The Hall–Kier alpha value is -2.44. The van der Waals surface area contributed by atoms with Crippen LogP contribution in [-0.4, -0.2) is 17.6 Å². The summed E-state index contributed by atoms with van der Waals surface area (Å²) in [5.74, 6) is -0.560. The van der Waals surface area contributed by atoms with Crippen molar-refractivity contribution >= 4 is 28.2 Å². The Kier molecular flexibility index (Phi) is 4.04. The van der Waals surface area contributed by atoms with Crippen LogP contribution in [0.25, 0.3) is 11.0 Å². The first-order chi connectivity index (χ1) is 10.6. The molecule has 1 unspecified atom stereocenters. The van der Waals surface area contributed by atoms with Gasteiger partial charge in [0.05, 0.1) is 0 Å². The number of aliphatic hydroxyl groups is 1. The number of carbonyl (C=O) groups excluding carboxylic acids is 1. The Morgan fingerprint density at radius 2 is 2.09 bits per heavy atom. The van der Waals surface area contributed by atoms with Gasteiger partial charge in [-0.15, -0.1) is 11.3 Å². The van der Waals surface area contributed by atoms with Crippen LogP contribution in [0.15, 0.2) is 57.1 Å². The highest BCUT2D eigenvalue weighted by Gasteiger charge is 2.15. The zero-order valence-corrected chi connectivity index (χ0v) is 12.3. The second-order valence-electron chi connectivity index (χ2n) is 4.73. The average Bonchev–Trinajstić information content (AvgIpc) is 3.06. The highest BCUT2D eigenvalue weighted by molar-refractivity contribution is 7.10. The van der Waals surface area contributed by atoms with Crippen molar-refractivity contribution in [2.75, 3.05) is 6.54 Å². The van der Waals surface area contributed by atoms with Crippen LogP contribution in [0.3, 0.4) is 0 Å². The number of thiophene rings is 1. The maximum absolute atomic E-state index is 12.1. The van der Waals surface area contributed by atoms with E-state index >= 15 is 0 Å². The first-order valence-electron chi connectivity index (χ1n) is 6.68. The van der Waals surface area contributed by atoms with Gasteiger partial charge in [0.25, 0.3) is 5.91 Å². The predicted octanol–water partition coefficient (Wildman–Crippen LogP) is 2.32. The van der Waals surface area contributed by atoms with Crippen LogP contribution in [0, 0.1) is 0 Å². The molecule has 1 atom stereocenters. The van der Waals surface area contributed by atoms with E-state index < -0.39 is 17.6 Å². The summed E-state index contributed by atoms with van der Waals surface area (Å²) in [6.07, 6.45) is -0.795. The van der Waals surface area contributed by atoms with Crippen molar-refractivity contribution in [3.8, 4) is 0 Å². The lowest BCUT2D eigenvalue weighted by atomic mass is 10.2. The van der Waals surface area contributed by atoms with Crippen molar-refractivity contribution in [2.45, 2.75) is 6.10 Å². The third-order valence-electron chi connectivity index (χ3n) is 3.21. The fourth-order valence-electron chi connectivity index (χ4n) is 2.09. The van der Waals surface area contributed by atoms with Crippen molar-refractivity contribution in [2.24, 2.45) is 0 Å². The molecule has 6 heteroatoms. The first kappa shape index (κ1) is 14.5. The molecule has 1 aromatic carbocycles. The summed E-state index contributed by atoms with van der Waals surface area (Å²) < 4.78 is 5.12. The van der Waals surface area contributed by atoms with E-state index in [-0.39, 0.29) is 12.1 Å². The zero-order chi connectivity index (χ0) is 15.5. The Labute approximate surface area is 129 Å². The molecule has 3 rings (SSSR count). The summed E-state index contributed by atoms with van der Waals surface area (Å²) in [4.78, 5) is 24.7. The molecule has 0 spiro atoms. The molecule has 2 N–H and O–H groups in total. The number of rotatable bonds is 4. The summed E-state index contributed by atoms with van der Waals surface area (Å²) in [6, 6.07) is 12.1. The van der Waals surface area contributed by atoms with Crippen LogP contribution < -0.4 is 10.9 Å². The number of amides is 1. The Morgan fingerprint density at radius 3 is 2.86 bits per heavy atom. The van der Waals surface area contributed by atoms with Gasteiger partial charge in [0.15, 0.2) is 0 Å². The van der Waals surface area contributed by atoms with Gasteiger partial charge < -0.3 is 14.8 Å². The largest absolute Gasteiger partial charge is 0.422 e. The number of carbonyl (C=O) groups is 1. The molecular weight excluding hydrogens is 302 g/mol. The van der Waals surface area contributed by atoms with Crippen molar-refractivity contribution in [3.63, 3.8) is 0 Å². The molecule has 0 aliphatic rings. The van der Waals surface area contributed by atoms with Gasteiger partial charge in [-0.25, -0.2) is 4.79 Å². The van der Waals surface area contributed by atoms with Crippen LogP contribution in [0.5, 0.6) is 0 Å². The minimum atomic E-state index is -0.795. The van der Waals surface area contributed by atoms with Crippen LogP contribution in [0.1, 0.15) is 21.3 Å². The molecule has 0 saturated carbocycles. The number of hydrogen-bond donors (Lipinski definition) is 2. The lowest BCUT2D eigenvalue weighted by molar-refractivity contribution is 0.0914. The van der Waals surface area contributed by atoms with Gasteiger partial charge in [-0.3, -0.25) is 4.79 Å². The van der Waals surface area contributed by atoms with E-state index in [9.17, 15) is 14.7 Å². The summed E-state index contributed by atoms with van der Waals surface area (Å²) in [5, 5.41) is 15.0. The van der Waals surface area contributed by atoms with Gasteiger partial charge in [-0.2, -0.15) is 0 Å². The summed E-state index contributed by atoms with van der Waals surface area (Å²) in [7, 11) is 0. The number of hydrogen-bond acceptors (Lipinski definition) is 5. The van der Waals surface area contributed by atoms with Gasteiger partial charge in [-0.1, -0.05) is 24.3 Å². The maximum atomic E-state index is 12.1. The maximum Gasteiger partial charge on any atom is 0.349 e. The molecule has 112 valence electrons. The monoisotopic (exact) mass is 315 g/mol. The SMILES string of the molecule is O=C(NCC(O)c1cccs1)c1cc2ccccc2oc1=O. The number of nitrogens with one attached hydrogen (secondary N) is 1. The van der Waals surface area contributed by atoms with E-state index in [2.05, 4.69) is 5.32 Å². The summed E-state index contributed by atoms with van der Waals surface area (Å²) in [6.45, 7) is 0.0333. The fraction of sp³-hybridized carbons (Fsp3) is 0.125. The molecule has 0 saturated heterocycles. The topological polar surface area (TPSA) is 79.5 Å². The lowest BCUT2D eigenvalue weighted by Crippen LogP contribution is -2.31. The molecule has 0 bridgehead atoms. The number of para-hydroxylation sites is 1. The number of benzene rings is 1. The van der Waals surface area contributed by atoms with Crippen LogP contribution in [0.2, 0.25) is 0 Å². The molecule has 0 aliphatic carbocycles. The quantitative estimate of drug-likeness (QED) is 0.724. The third-order valence-corrected chi connectivity index (χ3v) is 4.19. The van der Waals surface area contributed by atoms with E-state index in [0.717, 1.165) is 4.88 Å². The van der Waals surface area contributed by atoms with Gasteiger partial charge in [-0.05, 0) is 23.6 Å². The molecule has 0 aliphatic heterocycles. The fourth-order valence-corrected chi connectivity index (χ4v) is 2.80. The zero-order valence-electron chi connectivity index (χ0n) is 11.5. The minimum Gasteiger partial charge on any atom is -0.422 e. The summed E-state index contributed by atoms with van der Waals surface area (Å²) >= 11 is 1.40. The molecule has 0 radical (unpaired) electrons. The lowest BCUT2D eigenvalue weighted by Gasteiger charge is -2.10. The van der Waals surface area contributed by atoms with Crippen molar-refractivity contribution < 1.29 is 14.3 Å². The van der Waals surface area contributed by atoms with Gasteiger partial charge in [0, 0.05) is 16.8 Å². The van der Waals surface area contributed by atoms with Gasteiger partial charge >= 0.3 is 5.63 Å². The third kappa shape index (κ3) is 2.93. The van der Waals surface area contributed by atoms with Crippen molar-refractivity contribution in [1.29, 1.82) is 0 Å². The smallest absolute Gasteiger partial charge is 0.349 e. The normalized spacial score (nSPS) is 12.2. The van der Waals surface area contributed by atoms with Crippen LogP contribution in [0.4, 0.5) is 0 Å². The van der Waals surface area contributed by atoms with E-state index in [1.165, 1.54) is 17.4 Å². The van der Waals surface area contributed by atoms with E-state index in [0.29, 0.717) is 11.0 Å². The van der Waals surface area contributed by atoms with Gasteiger partial charge in [0.1, 0.15) is 17.3 Å². The second kappa shape index (κ2) is 6.13. The predicted molar refractivity (Wildman–Crippen MR) is 84.1 cm³/mol. The standard InChI is InChI=1S/C16H13NO4S/c18-12(14-6-3-7-22-14)9-17-15(19)11-8-10-4-1-2-5-13(10)21-16(11)20/h1-8,12,18H,9H2,(H,17,19).